The largest absolute Gasteiger partial charge is 0.299 e. The van der Waals surface area contributed by atoms with Gasteiger partial charge in [-0.2, -0.15) is 0 Å². The van der Waals surface area contributed by atoms with Gasteiger partial charge in [-0.1, -0.05) is 38.1 Å². The summed E-state index contributed by atoms with van der Waals surface area (Å²) in [6.45, 7) is 4.43. The van der Waals surface area contributed by atoms with Crippen molar-refractivity contribution in [3.8, 4) is 0 Å². The minimum absolute atomic E-state index is 0.0439. The van der Waals surface area contributed by atoms with E-state index in [0.29, 0.717) is 16.6 Å². The van der Waals surface area contributed by atoms with Gasteiger partial charge in [0.1, 0.15) is 6.33 Å². The Labute approximate surface area is 126 Å². The van der Waals surface area contributed by atoms with E-state index in [1.807, 2.05) is 24.3 Å². The van der Waals surface area contributed by atoms with E-state index in [2.05, 4.69) is 24.0 Å². The molecule has 2 rings (SSSR count). The van der Waals surface area contributed by atoms with E-state index in [4.69, 9.17) is 0 Å². The van der Waals surface area contributed by atoms with E-state index in [0.717, 1.165) is 6.42 Å². The second kappa shape index (κ2) is 6.76. The van der Waals surface area contributed by atoms with E-state index in [9.17, 15) is 9.00 Å². The summed E-state index contributed by atoms with van der Waals surface area (Å²) >= 11 is 0. The molecule has 0 unspecified atom stereocenters. The maximum absolute atomic E-state index is 12.2. The van der Waals surface area contributed by atoms with Crippen LogP contribution < -0.4 is 0 Å². The van der Waals surface area contributed by atoms with Gasteiger partial charge in [0.25, 0.3) is 0 Å². The Kier molecular flexibility index (Phi) is 5.01. The molecule has 0 aliphatic rings. The van der Waals surface area contributed by atoms with Crippen LogP contribution in [0.3, 0.4) is 0 Å². The summed E-state index contributed by atoms with van der Waals surface area (Å²) in [5.74, 6) is 0.545. The monoisotopic (exact) mass is 305 g/mol. The molecule has 0 aliphatic heterocycles. The van der Waals surface area contributed by atoms with Gasteiger partial charge in [0.2, 0.25) is 5.16 Å². The first-order chi connectivity index (χ1) is 9.97. The molecule has 21 heavy (non-hydrogen) atoms. The Balaban J connectivity index is 2.10. The van der Waals surface area contributed by atoms with E-state index >= 15 is 0 Å². The number of hydrogen-bond acceptors (Lipinski definition) is 4. The van der Waals surface area contributed by atoms with Gasteiger partial charge >= 0.3 is 0 Å². The van der Waals surface area contributed by atoms with Gasteiger partial charge in [-0.3, -0.25) is 13.6 Å². The molecule has 112 valence electrons. The number of hydrogen-bond donors (Lipinski definition) is 0. The number of nitrogens with zero attached hydrogens (tertiary/aromatic N) is 3. The summed E-state index contributed by atoms with van der Waals surface area (Å²) in [5.41, 5.74) is 1.87. The molecule has 0 amide bonds. The highest BCUT2D eigenvalue weighted by molar-refractivity contribution is 7.84. The highest BCUT2D eigenvalue weighted by Crippen LogP contribution is 2.11. The standard InChI is InChI=1S/C15H19N3O2S/c1-11(2)8-12-4-6-13(7-5-12)14(19)9-18-10-16-17-15(18)21(3)20/h4-7,10-11H,8-9H2,1-3H3/t21-/m1/s1. The van der Waals surface area contributed by atoms with Crippen LogP contribution in [0.25, 0.3) is 0 Å². The van der Waals surface area contributed by atoms with Crippen molar-refractivity contribution in [1.29, 1.82) is 0 Å². The molecule has 0 saturated carbocycles. The van der Waals surface area contributed by atoms with Crippen molar-refractivity contribution in [3.63, 3.8) is 0 Å². The third-order valence-corrected chi connectivity index (χ3v) is 3.90. The molecule has 0 radical (unpaired) electrons. The Morgan fingerprint density at radius 1 is 1.29 bits per heavy atom. The maximum Gasteiger partial charge on any atom is 0.221 e. The average Bonchev–Trinajstić information content (AvgIpc) is 2.87. The SMILES string of the molecule is CC(C)Cc1ccc(C(=O)Cn2cnnc2[S@@](C)=O)cc1. The van der Waals surface area contributed by atoms with Crippen molar-refractivity contribution in [2.45, 2.75) is 32.0 Å². The Bertz CT molecular complexity index is 647. The quantitative estimate of drug-likeness (QED) is 0.767. The van der Waals surface area contributed by atoms with Crippen molar-refractivity contribution in [1.82, 2.24) is 14.8 Å². The van der Waals surface area contributed by atoms with Crippen LogP contribution in [-0.4, -0.2) is 31.0 Å². The second-order valence-electron chi connectivity index (χ2n) is 5.41. The van der Waals surface area contributed by atoms with Crippen LogP contribution in [-0.2, 0) is 23.8 Å². The first kappa shape index (κ1) is 15.6. The topological polar surface area (TPSA) is 64.8 Å². The molecule has 1 aromatic carbocycles. The van der Waals surface area contributed by atoms with E-state index in [-0.39, 0.29) is 12.3 Å². The van der Waals surface area contributed by atoms with Gasteiger partial charge in [0.15, 0.2) is 5.78 Å². The Morgan fingerprint density at radius 2 is 1.95 bits per heavy atom. The van der Waals surface area contributed by atoms with Crippen molar-refractivity contribution in [2.75, 3.05) is 6.26 Å². The number of ketones is 1. The normalized spacial score (nSPS) is 12.6. The zero-order valence-corrected chi connectivity index (χ0v) is 13.3. The number of Topliss-reactive ketones (excluding diaryl/α,β-unsaturated/α-hetero) is 1. The molecule has 0 fully saturated rings. The van der Waals surface area contributed by atoms with Crippen molar-refractivity contribution >= 4 is 16.6 Å². The first-order valence-electron chi connectivity index (χ1n) is 6.80. The summed E-state index contributed by atoms with van der Waals surface area (Å²) in [5, 5.41) is 7.79. The highest BCUT2D eigenvalue weighted by Gasteiger charge is 2.13. The van der Waals surface area contributed by atoms with Crippen LogP contribution in [0.2, 0.25) is 0 Å². The molecule has 2 aromatic rings. The van der Waals surface area contributed by atoms with Crippen molar-refractivity contribution < 1.29 is 9.00 Å². The van der Waals surface area contributed by atoms with E-state index < -0.39 is 10.8 Å². The Morgan fingerprint density at radius 3 is 2.52 bits per heavy atom. The van der Waals surface area contributed by atoms with Crippen molar-refractivity contribution in [3.05, 3.63) is 41.7 Å². The summed E-state index contributed by atoms with van der Waals surface area (Å²) in [7, 11) is -1.26. The minimum atomic E-state index is -1.26. The number of rotatable bonds is 6. The predicted molar refractivity (Wildman–Crippen MR) is 81.7 cm³/mol. The fourth-order valence-electron chi connectivity index (χ4n) is 2.12. The van der Waals surface area contributed by atoms with Crippen LogP contribution in [0.1, 0.15) is 29.8 Å². The highest BCUT2D eigenvalue weighted by atomic mass is 32.2. The van der Waals surface area contributed by atoms with E-state index in [1.54, 1.807) is 0 Å². The molecule has 0 saturated heterocycles. The zero-order valence-electron chi connectivity index (χ0n) is 12.4. The van der Waals surface area contributed by atoms with Crippen LogP contribution in [0.15, 0.2) is 35.7 Å². The number of benzene rings is 1. The van der Waals surface area contributed by atoms with Crippen LogP contribution >= 0.6 is 0 Å². The Hall–Kier alpha value is -1.82. The van der Waals surface area contributed by atoms with Gasteiger partial charge < -0.3 is 0 Å². The maximum atomic E-state index is 12.2. The number of aromatic nitrogens is 3. The third kappa shape index (κ3) is 4.07. The van der Waals surface area contributed by atoms with Gasteiger partial charge in [-0.15, -0.1) is 10.2 Å². The molecule has 0 N–H and O–H groups in total. The third-order valence-electron chi connectivity index (χ3n) is 3.07. The summed E-state index contributed by atoms with van der Waals surface area (Å²) in [6, 6.07) is 7.65. The second-order valence-corrected chi connectivity index (χ2v) is 6.69. The molecule has 0 spiro atoms. The lowest BCUT2D eigenvalue weighted by Crippen LogP contribution is -2.13. The lowest BCUT2D eigenvalue weighted by atomic mass is 10.0. The van der Waals surface area contributed by atoms with Crippen molar-refractivity contribution in [2.24, 2.45) is 5.92 Å². The first-order valence-corrected chi connectivity index (χ1v) is 8.36. The molecule has 6 heteroatoms. The van der Waals surface area contributed by atoms with Gasteiger partial charge in [-0.25, -0.2) is 0 Å². The molecular formula is C15H19N3O2S. The fraction of sp³-hybridized carbons (Fsp3) is 0.400. The van der Waals surface area contributed by atoms with Gasteiger partial charge in [-0.05, 0) is 17.9 Å². The molecule has 1 heterocycles. The van der Waals surface area contributed by atoms with Gasteiger partial charge in [0, 0.05) is 11.8 Å². The van der Waals surface area contributed by atoms with Crippen LogP contribution in [0.4, 0.5) is 0 Å². The summed E-state index contributed by atoms with van der Waals surface area (Å²) in [4.78, 5) is 12.2. The zero-order chi connectivity index (χ0) is 15.4. The van der Waals surface area contributed by atoms with Crippen LogP contribution in [0.5, 0.6) is 0 Å². The molecule has 1 atom stereocenters. The number of carbonyl (C=O) groups is 1. The van der Waals surface area contributed by atoms with Gasteiger partial charge in [0.05, 0.1) is 17.3 Å². The summed E-state index contributed by atoms with van der Waals surface area (Å²) < 4.78 is 13.0. The lowest BCUT2D eigenvalue weighted by Gasteiger charge is -2.07. The smallest absolute Gasteiger partial charge is 0.221 e. The number of carbonyl (C=O) groups excluding carboxylic acids is 1. The molecular weight excluding hydrogens is 286 g/mol. The molecule has 0 bridgehead atoms. The summed E-state index contributed by atoms with van der Waals surface area (Å²) in [6.07, 6.45) is 3.95. The average molecular weight is 305 g/mol. The molecule has 1 aromatic heterocycles. The van der Waals surface area contributed by atoms with Crippen LogP contribution in [0, 0.1) is 5.92 Å². The molecule has 0 aliphatic carbocycles. The minimum Gasteiger partial charge on any atom is -0.299 e. The fourth-order valence-corrected chi connectivity index (χ4v) is 2.72. The lowest BCUT2D eigenvalue weighted by molar-refractivity contribution is 0.0969. The predicted octanol–water partition coefficient (Wildman–Crippen LogP) is 2.10. The van der Waals surface area contributed by atoms with E-state index in [1.165, 1.54) is 22.7 Å². The molecule has 5 nitrogen and oxygen atoms in total.